The number of hydrogen-bond donors (Lipinski definition) is 3. The summed E-state index contributed by atoms with van der Waals surface area (Å²) in [5.74, 6) is 0.733. The maximum atomic E-state index is 12.2. The number of ether oxygens (including phenoxy) is 1. The van der Waals surface area contributed by atoms with Crippen molar-refractivity contribution in [3.8, 4) is 0 Å². The molecule has 8 nitrogen and oxygen atoms in total. The van der Waals surface area contributed by atoms with E-state index in [1.807, 2.05) is 4.57 Å². The van der Waals surface area contributed by atoms with Crippen LogP contribution in [-0.4, -0.2) is 55.6 Å². The van der Waals surface area contributed by atoms with Crippen molar-refractivity contribution in [1.29, 1.82) is 0 Å². The zero-order valence-corrected chi connectivity index (χ0v) is 19.0. The van der Waals surface area contributed by atoms with Crippen molar-refractivity contribution >= 4 is 34.4 Å². The summed E-state index contributed by atoms with van der Waals surface area (Å²) in [5.41, 5.74) is 1.42. The topological polar surface area (TPSA) is 110 Å². The number of aromatic nitrogens is 3. The Kier molecular flexibility index (Phi) is 6.03. The van der Waals surface area contributed by atoms with Gasteiger partial charge < -0.3 is 24.8 Å². The molecule has 2 heterocycles. The molecule has 174 valence electrons. The number of imidazole rings is 1. The van der Waals surface area contributed by atoms with Gasteiger partial charge >= 0.3 is 5.97 Å². The molecule has 0 amide bonds. The predicted molar refractivity (Wildman–Crippen MR) is 120 cm³/mol. The van der Waals surface area contributed by atoms with Crippen molar-refractivity contribution < 1.29 is 19.7 Å². The van der Waals surface area contributed by atoms with Crippen LogP contribution < -0.4 is 5.32 Å². The average molecular weight is 463 g/mol. The Labute approximate surface area is 192 Å². The van der Waals surface area contributed by atoms with Crippen molar-refractivity contribution in [2.45, 2.75) is 76.2 Å². The standard InChI is InChI=1S/C23H31ClN4O4/c1-2-32-23(31)14-9-16(21(30)20(14)29)28-11-25-19-15(28)10-17(24)26-22(19)27-18(12-5-3-6-12)13-7-4-8-13/h10-14,16,18,20-21,29-30H,2-9H2,1H3,(H,26,27)/t14?,16?,20-,21+/m1/s1. The zero-order chi connectivity index (χ0) is 22.4. The molecule has 32 heavy (non-hydrogen) atoms. The van der Waals surface area contributed by atoms with Crippen molar-refractivity contribution in [1.82, 2.24) is 14.5 Å². The highest BCUT2D eigenvalue weighted by Gasteiger charge is 2.47. The van der Waals surface area contributed by atoms with Crippen LogP contribution in [-0.2, 0) is 9.53 Å². The smallest absolute Gasteiger partial charge is 0.311 e. The SMILES string of the molecule is CCOC(=O)C1CC(n2cnc3c(NC(C4CCC4)C4CCC4)nc(Cl)cc32)[C@H](O)[C@@H]1O. The summed E-state index contributed by atoms with van der Waals surface area (Å²) in [6, 6.07) is 1.60. The number of fused-ring (bicyclic) bond motifs is 1. The van der Waals surface area contributed by atoms with Gasteiger partial charge in [0.1, 0.15) is 16.8 Å². The zero-order valence-electron chi connectivity index (χ0n) is 18.3. The van der Waals surface area contributed by atoms with Crippen molar-refractivity contribution in [2.24, 2.45) is 17.8 Å². The van der Waals surface area contributed by atoms with E-state index in [4.69, 9.17) is 16.3 Å². The third-order valence-electron chi connectivity index (χ3n) is 7.75. The van der Waals surface area contributed by atoms with Crippen LogP contribution in [0.5, 0.6) is 0 Å². The van der Waals surface area contributed by atoms with Crippen molar-refractivity contribution in [2.75, 3.05) is 11.9 Å². The van der Waals surface area contributed by atoms with Gasteiger partial charge in [-0.3, -0.25) is 4.79 Å². The third kappa shape index (κ3) is 3.76. The average Bonchev–Trinajstić information content (AvgIpc) is 3.21. The van der Waals surface area contributed by atoms with Gasteiger partial charge in [0.15, 0.2) is 5.82 Å². The molecule has 3 aliphatic carbocycles. The van der Waals surface area contributed by atoms with E-state index in [0.717, 1.165) is 5.52 Å². The van der Waals surface area contributed by atoms with Crippen LogP contribution in [0.1, 0.15) is 57.9 Å². The molecule has 0 bridgehead atoms. The normalized spacial score (nSPS) is 28.7. The highest BCUT2D eigenvalue weighted by atomic mass is 35.5. The van der Waals surface area contributed by atoms with Crippen LogP contribution in [0.4, 0.5) is 5.82 Å². The molecule has 0 aromatic carbocycles. The maximum Gasteiger partial charge on any atom is 0.311 e. The fraction of sp³-hybridized carbons (Fsp3) is 0.696. The second kappa shape index (κ2) is 8.80. The number of carbonyl (C=O) groups is 1. The minimum atomic E-state index is -1.19. The Morgan fingerprint density at radius 2 is 1.94 bits per heavy atom. The third-order valence-corrected chi connectivity index (χ3v) is 7.94. The van der Waals surface area contributed by atoms with E-state index in [1.54, 1.807) is 19.3 Å². The summed E-state index contributed by atoms with van der Waals surface area (Å²) in [4.78, 5) is 21.4. The Hall–Kier alpha value is -1.90. The molecule has 5 rings (SSSR count). The number of aliphatic hydroxyl groups is 2. The molecule has 3 N–H and O–H groups in total. The molecule has 0 saturated heterocycles. The largest absolute Gasteiger partial charge is 0.466 e. The first-order valence-corrected chi connectivity index (χ1v) is 12.2. The van der Waals surface area contributed by atoms with Gasteiger partial charge in [-0.15, -0.1) is 0 Å². The number of esters is 1. The van der Waals surface area contributed by atoms with Crippen molar-refractivity contribution in [3.63, 3.8) is 0 Å². The minimum absolute atomic E-state index is 0.232. The Morgan fingerprint density at radius 1 is 1.25 bits per heavy atom. The number of hydrogen-bond acceptors (Lipinski definition) is 7. The number of anilines is 1. The number of aliphatic hydroxyl groups excluding tert-OH is 2. The monoisotopic (exact) mass is 462 g/mol. The van der Waals surface area contributed by atoms with Crippen LogP contribution in [0.15, 0.2) is 12.4 Å². The van der Waals surface area contributed by atoms with Gasteiger partial charge in [0.05, 0.1) is 36.5 Å². The Bertz CT molecular complexity index is 976. The first kappa shape index (κ1) is 21.9. The highest BCUT2D eigenvalue weighted by Crippen LogP contribution is 2.43. The number of halogens is 1. The highest BCUT2D eigenvalue weighted by molar-refractivity contribution is 6.30. The quantitative estimate of drug-likeness (QED) is 0.427. The van der Waals surface area contributed by atoms with Gasteiger partial charge in [-0.25, -0.2) is 9.97 Å². The van der Waals surface area contributed by atoms with Gasteiger partial charge in [-0.05, 0) is 50.9 Å². The summed E-state index contributed by atoms with van der Waals surface area (Å²) in [6.45, 7) is 1.96. The molecular weight excluding hydrogens is 432 g/mol. The summed E-state index contributed by atoms with van der Waals surface area (Å²) >= 11 is 6.40. The lowest BCUT2D eigenvalue weighted by atomic mass is 9.68. The van der Waals surface area contributed by atoms with E-state index in [-0.39, 0.29) is 13.0 Å². The second-order valence-corrected chi connectivity index (χ2v) is 9.90. The summed E-state index contributed by atoms with van der Waals surface area (Å²) in [5, 5.41) is 25.2. The molecule has 2 unspecified atom stereocenters. The van der Waals surface area contributed by atoms with Gasteiger partial charge in [-0.2, -0.15) is 0 Å². The number of rotatable bonds is 7. The molecule has 3 fully saturated rings. The molecule has 3 saturated carbocycles. The molecule has 4 atom stereocenters. The molecule has 3 aliphatic rings. The Morgan fingerprint density at radius 3 is 2.53 bits per heavy atom. The van der Waals surface area contributed by atoms with Crippen LogP contribution in [0.2, 0.25) is 5.15 Å². The van der Waals surface area contributed by atoms with Crippen LogP contribution >= 0.6 is 11.6 Å². The maximum absolute atomic E-state index is 12.2. The summed E-state index contributed by atoms with van der Waals surface area (Å²) < 4.78 is 6.89. The van der Waals surface area contributed by atoms with E-state index in [0.29, 0.717) is 34.4 Å². The molecule has 0 radical (unpaired) electrons. The van der Waals surface area contributed by atoms with Crippen molar-refractivity contribution in [3.05, 3.63) is 17.5 Å². The summed E-state index contributed by atoms with van der Waals surface area (Å²) in [7, 11) is 0. The fourth-order valence-electron chi connectivity index (χ4n) is 5.51. The molecule has 0 aliphatic heterocycles. The van der Waals surface area contributed by atoms with Gasteiger partial charge in [0, 0.05) is 12.1 Å². The van der Waals surface area contributed by atoms with Gasteiger partial charge in [-0.1, -0.05) is 24.4 Å². The molecule has 2 aromatic heterocycles. The van der Waals surface area contributed by atoms with E-state index >= 15 is 0 Å². The lowest BCUT2D eigenvalue weighted by Crippen LogP contribution is -2.42. The Balaban J connectivity index is 1.45. The van der Waals surface area contributed by atoms with Crippen LogP contribution in [0.3, 0.4) is 0 Å². The van der Waals surface area contributed by atoms with E-state index in [9.17, 15) is 15.0 Å². The number of carbonyl (C=O) groups excluding carboxylic acids is 1. The second-order valence-electron chi connectivity index (χ2n) is 9.51. The fourth-order valence-corrected chi connectivity index (χ4v) is 5.70. The van der Waals surface area contributed by atoms with Gasteiger partial charge in [0.25, 0.3) is 0 Å². The summed E-state index contributed by atoms with van der Waals surface area (Å²) in [6.07, 6.45) is 7.16. The van der Waals surface area contributed by atoms with Crippen LogP contribution in [0, 0.1) is 17.8 Å². The van der Waals surface area contributed by atoms with E-state index in [1.165, 1.54) is 38.5 Å². The molecule has 0 spiro atoms. The lowest BCUT2D eigenvalue weighted by molar-refractivity contribution is -0.152. The predicted octanol–water partition coefficient (Wildman–Crippen LogP) is 3.31. The molecule has 2 aromatic rings. The number of pyridine rings is 1. The first-order valence-electron chi connectivity index (χ1n) is 11.8. The van der Waals surface area contributed by atoms with E-state index in [2.05, 4.69) is 15.3 Å². The van der Waals surface area contributed by atoms with Crippen LogP contribution in [0.25, 0.3) is 11.0 Å². The molecular formula is C23H31ClN4O4. The molecule has 9 heteroatoms. The lowest BCUT2D eigenvalue weighted by Gasteiger charge is -2.43. The minimum Gasteiger partial charge on any atom is -0.466 e. The van der Waals surface area contributed by atoms with E-state index < -0.39 is 30.1 Å². The number of nitrogens with one attached hydrogen (secondary N) is 1. The van der Waals surface area contributed by atoms with Gasteiger partial charge in [0.2, 0.25) is 0 Å². The number of nitrogens with zero attached hydrogens (tertiary/aromatic N) is 3. The first-order chi connectivity index (χ1) is 15.5.